The summed E-state index contributed by atoms with van der Waals surface area (Å²) < 4.78 is 44.5. The molecular weight excluding hydrogens is 318 g/mol. The molecule has 82 valence electrons. The fourth-order valence-corrected chi connectivity index (χ4v) is 4.69. The summed E-state index contributed by atoms with van der Waals surface area (Å²) in [6.45, 7) is -0.553. The molecule has 0 N–H and O–H groups in total. The van der Waals surface area contributed by atoms with E-state index in [1.165, 1.54) is 0 Å². The number of terminal acetylenes is 1. The lowest BCUT2D eigenvalue weighted by molar-refractivity contribution is 0.522. The molecule has 0 aromatic heterocycles. The van der Waals surface area contributed by atoms with Gasteiger partial charge in [-0.3, -0.25) is 0 Å². The zero-order chi connectivity index (χ0) is 11.4. The molecule has 9 heteroatoms. The average Bonchev–Trinajstić information content (AvgIpc) is 2.13. The van der Waals surface area contributed by atoms with E-state index in [1.54, 1.807) is 0 Å². The van der Waals surface area contributed by atoms with Crippen LogP contribution in [0.5, 0.6) is 0 Å². The second-order valence-corrected chi connectivity index (χ2v) is 7.98. The second-order valence-electron chi connectivity index (χ2n) is 2.08. The van der Waals surface area contributed by atoms with Crippen molar-refractivity contribution in [3.8, 4) is 12.3 Å². The van der Waals surface area contributed by atoms with E-state index in [1.807, 2.05) is 5.92 Å². The fraction of sp³-hybridized carbons (Fsp3) is 0.600. The maximum Gasteiger partial charge on any atom is 0.242 e. The van der Waals surface area contributed by atoms with Gasteiger partial charge in [-0.2, -0.15) is 0 Å². The van der Waals surface area contributed by atoms with E-state index in [0.29, 0.717) is 0 Å². The number of nitrogens with zero attached hydrogens (tertiary/aromatic N) is 1. The van der Waals surface area contributed by atoms with Crippen molar-refractivity contribution < 1.29 is 16.8 Å². The standard InChI is InChI=1S/C5H7BrClNO4S2/c1-2-3-8(13(9,10)4-6)14(11,12)5-7/h1H,3-5H2. The Morgan fingerprint density at radius 2 is 1.79 bits per heavy atom. The van der Waals surface area contributed by atoms with Gasteiger partial charge in [-0.25, -0.2) is 16.8 Å². The summed E-state index contributed by atoms with van der Waals surface area (Å²) in [7, 11) is -8.01. The number of hydrogen-bond donors (Lipinski definition) is 0. The normalized spacial score (nSPS) is 12.7. The molecule has 0 bridgehead atoms. The van der Waals surface area contributed by atoms with Crippen LogP contribution in [0.25, 0.3) is 0 Å². The molecular formula is C5H7BrClNO4S2. The van der Waals surface area contributed by atoms with Crippen molar-refractivity contribution in [1.29, 1.82) is 0 Å². The van der Waals surface area contributed by atoms with Crippen molar-refractivity contribution in [3.63, 3.8) is 0 Å². The predicted molar refractivity (Wildman–Crippen MR) is 57.9 cm³/mol. The highest BCUT2D eigenvalue weighted by Crippen LogP contribution is 2.12. The minimum Gasteiger partial charge on any atom is -0.210 e. The summed E-state index contributed by atoms with van der Waals surface area (Å²) in [6, 6.07) is 0. The van der Waals surface area contributed by atoms with Crippen LogP contribution < -0.4 is 0 Å². The maximum absolute atomic E-state index is 11.2. The monoisotopic (exact) mass is 323 g/mol. The third kappa shape index (κ3) is 3.40. The van der Waals surface area contributed by atoms with Gasteiger partial charge in [0.2, 0.25) is 20.0 Å². The molecule has 5 nitrogen and oxygen atoms in total. The summed E-state index contributed by atoms with van der Waals surface area (Å²) in [5.74, 6) is 1.94. The molecule has 0 saturated heterocycles. The third-order valence-corrected chi connectivity index (χ3v) is 7.09. The van der Waals surface area contributed by atoms with Crippen LogP contribution in [0, 0.1) is 12.3 Å². The van der Waals surface area contributed by atoms with Crippen LogP contribution in [-0.2, 0) is 20.0 Å². The van der Waals surface area contributed by atoms with Crippen molar-refractivity contribution in [2.75, 3.05) is 16.4 Å². The number of sulfonamides is 2. The van der Waals surface area contributed by atoms with Crippen molar-refractivity contribution in [1.82, 2.24) is 3.71 Å². The van der Waals surface area contributed by atoms with Crippen molar-refractivity contribution in [3.05, 3.63) is 0 Å². The van der Waals surface area contributed by atoms with Crippen LogP contribution in [0.3, 0.4) is 0 Å². The minimum absolute atomic E-state index is 0.196. The first kappa shape index (κ1) is 14.2. The van der Waals surface area contributed by atoms with Crippen LogP contribution in [0.4, 0.5) is 0 Å². The van der Waals surface area contributed by atoms with Gasteiger partial charge in [0.25, 0.3) is 0 Å². The summed E-state index contributed by atoms with van der Waals surface area (Å²) in [5.41, 5.74) is 0. The molecule has 0 aliphatic carbocycles. The quantitative estimate of drug-likeness (QED) is 0.532. The van der Waals surface area contributed by atoms with E-state index in [-0.39, 0.29) is 3.71 Å². The lowest BCUT2D eigenvalue weighted by Gasteiger charge is -2.16. The Hall–Kier alpha value is 0.190. The Morgan fingerprint density at radius 3 is 2.07 bits per heavy atom. The van der Waals surface area contributed by atoms with Crippen LogP contribution in [0.1, 0.15) is 0 Å². The van der Waals surface area contributed by atoms with Gasteiger partial charge in [0.15, 0.2) is 0 Å². The lowest BCUT2D eigenvalue weighted by Crippen LogP contribution is -2.38. The van der Waals surface area contributed by atoms with Crippen LogP contribution in [0.15, 0.2) is 0 Å². The number of alkyl halides is 2. The van der Waals surface area contributed by atoms with Gasteiger partial charge in [0, 0.05) is 0 Å². The van der Waals surface area contributed by atoms with Gasteiger partial charge in [0.05, 0.1) is 6.54 Å². The van der Waals surface area contributed by atoms with Gasteiger partial charge in [-0.15, -0.1) is 18.0 Å². The summed E-state index contributed by atoms with van der Waals surface area (Å²) in [5, 5.41) is -0.832. The smallest absolute Gasteiger partial charge is 0.210 e. The van der Waals surface area contributed by atoms with Crippen molar-refractivity contribution in [2.45, 2.75) is 0 Å². The zero-order valence-electron chi connectivity index (χ0n) is 6.85. The Kier molecular flexibility index (Phi) is 5.39. The van der Waals surface area contributed by atoms with E-state index < -0.39 is 36.5 Å². The average molecular weight is 325 g/mol. The van der Waals surface area contributed by atoms with Crippen LogP contribution in [0.2, 0.25) is 0 Å². The topological polar surface area (TPSA) is 71.5 Å². The highest BCUT2D eigenvalue weighted by molar-refractivity contribution is 9.10. The van der Waals surface area contributed by atoms with Crippen LogP contribution in [-0.4, -0.2) is 37.0 Å². The number of hydrogen-bond acceptors (Lipinski definition) is 4. The van der Waals surface area contributed by atoms with E-state index in [9.17, 15) is 16.8 Å². The second kappa shape index (κ2) is 5.32. The summed E-state index contributed by atoms with van der Waals surface area (Å²) in [6.07, 6.45) is 4.85. The SMILES string of the molecule is C#CCN(S(=O)(=O)CCl)S(=O)(=O)CBr. The molecule has 14 heavy (non-hydrogen) atoms. The molecule has 0 saturated carbocycles. The van der Waals surface area contributed by atoms with Gasteiger partial charge in [0.1, 0.15) is 9.87 Å². The van der Waals surface area contributed by atoms with Crippen LogP contribution >= 0.6 is 27.5 Å². The highest BCUT2D eigenvalue weighted by atomic mass is 79.9. The molecule has 0 aromatic carbocycles. The third-order valence-electron chi connectivity index (χ3n) is 1.12. The highest BCUT2D eigenvalue weighted by Gasteiger charge is 2.31. The Balaban J connectivity index is 5.31. The molecule has 0 fully saturated rings. The maximum atomic E-state index is 11.2. The van der Waals surface area contributed by atoms with E-state index in [0.717, 1.165) is 0 Å². The molecule has 0 rings (SSSR count). The van der Waals surface area contributed by atoms with Gasteiger partial charge < -0.3 is 0 Å². The summed E-state index contributed by atoms with van der Waals surface area (Å²) in [4.78, 5) is 0. The first-order valence-electron chi connectivity index (χ1n) is 3.10. The molecule has 0 aromatic rings. The Bertz CT molecular complexity index is 389. The van der Waals surface area contributed by atoms with E-state index >= 15 is 0 Å². The van der Waals surface area contributed by atoms with Gasteiger partial charge in [-0.1, -0.05) is 25.6 Å². The summed E-state index contributed by atoms with van der Waals surface area (Å²) >= 11 is 7.77. The molecule has 0 radical (unpaired) electrons. The first-order valence-corrected chi connectivity index (χ1v) is 7.98. The molecule has 0 aliphatic heterocycles. The number of rotatable bonds is 5. The van der Waals surface area contributed by atoms with Gasteiger partial charge >= 0.3 is 0 Å². The Labute approximate surface area is 96.7 Å². The Morgan fingerprint density at radius 1 is 1.29 bits per heavy atom. The minimum atomic E-state index is -4.05. The van der Waals surface area contributed by atoms with Crippen molar-refractivity contribution >= 4 is 47.6 Å². The molecule has 0 unspecified atom stereocenters. The first-order chi connectivity index (χ1) is 6.31. The van der Waals surface area contributed by atoms with E-state index in [4.69, 9.17) is 18.0 Å². The van der Waals surface area contributed by atoms with Gasteiger partial charge in [-0.05, 0) is 0 Å². The largest absolute Gasteiger partial charge is 0.242 e. The molecule has 0 aliphatic rings. The lowest BCUT2D eigenvalue weighted by atomic mass is 10.7. The van der Waals surface area contributed by atoms with Crippen molar-refractivity contribution in [2.24, 2.45) is 0 Å². The molecule has 0 amide bonds. The number of halogens is 2. The predicted octanol–water partition coefficient (Wildman–Crippen LogP) is 0.130. The van der Waals surface area contributed by atoms with E-state index in [2.05, 4.69) is 15.9 Å². The molecule has 0 heterocycles. The molecule has 0 spiro atoms. The molecule has 0 atom stereocenters. The fourth-order valence-electron chi connectivity index (χ4n) is 0.553. The zero-order valence-corrected chi connectivity index (χ0v) is 10.8.